The normalized spacial score (nSPS) is 21.5. The third-order valence-electron chi connectivity index (χ3n) is 2.84. The molecule has 1 unspecified atom stereocenters. The number of rotatable bonds is 6. The van der Waals surface area contributed by atoms with Gasteiger partial charge in [0.05, 0.1) is 0 Å². The third kappa shape index (κ3) is 4.43. The molecule has 0 aliphatic carbocycles. The van der Waals surface area contributed by atoms with Gasteiger partial charge in [-0.2, -0.15) is 11.8 Å². The van der Waals surface area contributed by atoms with E-state index in [4.69, 9.17) is 5.11 Å². The molecule has 0 spiro atoms. The first-order chi connectivity index (χ1) is 7.11. The summed E-state index contributed by atoms with van der Waals surface area (Å²) in [6.45, 7) is 5.32. The highest BCUT2D eigenvalue weighted by Gasteiger charge is 2.24. The van der Waals surface area contributed by atoms with Crippen LogP contribution in [-0.4, -0.2) is 46.1 Å². The molecule has 88 valence electrons. The molecule has 4 heteroatoms. The van der Waals surface area contributed by atoms with Crippen LogP contribution in [0.15, 0.2) is 0 Å². The minimum Gasteiger partial charge on any atom is -0.481 e. The molecule has 0 aromatic heterocycles. The van der Waals surface area contributed by atoms with Crippen molar-refractivity contribution in [2.75, 3.05) is 18.1 Å². The van der Waals surface area contributed by atoms with E-state index in [2.05, 4.69) is 18.7 Å². The first-order valence-corrected chi connectivity index (χ1v) is 6.82. The van der Waals surface area contributed by atoms with Crippen LogP contribution in [0.25, 0.3) is 0 Å². The Morgan fingerprint density at radius 2 is 2.33 bits per heavy atom. The fourth-order valence-corrected chi connectivity index (χ4v) is 3.29. The Labute approximate surface area is 96.2 Å². The largest absolute Gasteiger partial charge is 0.481 e. The van der Waals surface area contributed by atoms with Crippen molar-refractivity contribution >= 4 is 17.7 Å². The molecule has 1 aliphatic heterocycles. The van der Waals surface area contributed by atoms with Crippen molar-refractivity contribution in [3.63, 3.8) is 0 Å². The number of aliphatic carboxylic acids is 1. The monoisotopic (exact) mass is 231 g/mol. The lowest BCUT2D eigenvalue weighted by atomic mass is 10.1. The number of hydrogen-bond donors (Lipinski definition) is 1. The van der Waals surface area contributed by atoms with Gasteiger partial charge in [-0.15, -0.1) is 0 Å². The van der Waals surface area contributed by atoms with E-state index in [0.29, 0.717) is 18.5 Å². The molecule has 1 heterocycles. The number of hydrogen-bond acceptors (Lipinski definition) is 3. The van der Waals surface area contributed by atoms with E-state index in [9.17, 15) is 4.79 Å². The van der Waals surface area contributed by atoms with Gasteiger partial charge in [0.1, 0.15) is 0 Å². The quantitative estimate of drug-likeness (QED) is 0.759. The van der Waals surface area contributed by atoms with Gasteiger partial charge < -0.3 is 5.11 Å². The maximum absolute atomic E-state index is 10.4. The lowest BCUT2D eigenvalue weighted by molar-refractivity contribution is -0.137. The molecule has 15 heavy (non-hydrogen) atoms. The van der Waals surface area contributed by atoms with Gasteiger partial charge in [-0.05, 0) is 39.0 Å². The highest BCUT2D eigenvalue weighted by atomic mass is 32.2. The van der Waals surface area contributed by atoms with Gasteiger partial charge in [0.15, 0.2) is 0 Å². The topological polar surface area (TPSA) is 40.5 Å². The van der Waals surface area contributed by atoms with Gasteiger partial charge in [-0.3, -0.25) is 9.69 Å². The van der Waals surface area contributed by atoms with Gasteiger partial charge in [-0.1, -0.05) is 0 Å². The van der Waals surface area contributed by atoms with E-state index in [1.165, 1.54) is 17.9 Å². The predicted octanol–water partition coefficient (Wildman–Crippen LogP) is 2.07. The van der Waals surface area contributed by atoms with Crippen molar-refractivity contribution in [1.82, 2.24) is 4.90 Å². The molecule has 3 nitrogen and oxygen atoms in total. The van der Waals surface area contributed by atoms with Gasteiger partial charge in [0, 0.05) is 24.3 Å². The Balaban J connectivity index is 2.33. The van der Waals surface area contributed by atoms with Crippen LogP contribution in [0.2, 0.25) is 0 Å². The number of carbonyl (C=O) groups is 1. The van der Waals surface area contributed by atoms with Gasteiger partial charge in [-0.25, -0.2) is 0 Å². The molecule has 1 saturated heterocycles. The van der Waals surface area contributed by atoms with Crippen LogP contribution in [0.4, 0.5) is 0 Å². The summed E-state index contributed by atoms with van der Waals surface area (Å²) in [5.74, 6) is 1.79. The third-order valence-corrected chi connectivity index (χ3v) is 3.99. The van der Waals surface area contributed by atoms with E-state index in [1.54, 1.807) is 0 Å². The number of carboxylic acids is 1. The van der Waals surface area contributed by atoms with Crippen LogP contribution in [0.1, 0.15) is 33.1 Å². The van der Waals surface area contributed by atoms with E-state index in [0.717, 1.165) is 13.0 Å². The number of carboxylic acid groups (broad SMARTS) is 1. The number of nitrogens with zero attached hydrogens (tertiary/aromatic N) is 1. The molecule has 1 atom stereocenters. The molecule has 0 aromatic carbocycles. The van der Waals surface area contributed by atoms with Crippen LogP contribution in [0.5, 0.6) is 0 Å². The average Bonchev–Trinajstić information content (AvgIpc) is 2.63. The zero-order chi connectivity index (χ0) is 11.3. The first kappa shape index (κ1) is 12.8. The summed E-state index contributed by atoms with van der Waals surface area (Å²) in [6.07, 6.45) is 2.33. The van der Waals surface area contributed by atoms with E-state index in [-0.39, 0.29) is 0 Å². The lowest BCUT2D eigenvalue weighted by Crippen LogP contribution is -2.41. The summed E-state index contributed by atoms with van der Waals surface area (Å²) in [4.78, 5) is 12.9. The highest BCUT2D eigenvalue weighted by Crippen LogP contribution is 2.24. The summed E-state index contributed by atoms with van der Waals surface area (Å²) in [7, 11) is 0. The fourth-order valence-electron chi connectivity index (χ4n) is 2.06. The zero-order valence-corrected chi connectivity index (χ0v) is 10.4. The minimum absolute atomic E-state index is 0.295. The highest BCUT2D eigenvalue weighted by molar-refractivity contribution is 7.99. The lowest BCUT2D eigenvalue weighted by Gasteiger charge is -2.32. The van der Waals surface area contributed by atoms with Gasteiger partial charge in [0.25, 0.3) is 0 Å². The SMILES string of the molecule is CC(C)N(CCCC(=O)O)C1CCSC1. The van der Waals surface area contributed by atoms with Crippen molar-refractivity contribution in [3.8, 4) is 0 Å². The van der Waals surface area contributed by atoms with Crippen molar-refractivity contribution in [1.29, 1.82) is 0 Å². The second-order valence-electron chi connectivity index (χ2n) is 4.35. The molecule has 0 bridgehead atoms. The smallest absolute Gasteiger partial charge is 0.303 e. The maximum atomic E-state index is 10.4. The average molecular weight is 231 g/mol. The van der Waals surface area contributed by atoms with Crippen LogP contribution in [-0.2, 0) is 4.79 Å². The summed E-state index contributed by atoms with van der Waals surface area (Å²) in [5, 5.41) is 8.61. The van der Waals surface area contributed by atoms with Crippen LogP contribution >= 0.6 is 11.8 Å². The predicted molar refractivity (Wildman–Crippen MR) is 64.4 cm³/mol. The zero-order valence-electron chi connectivity index (χ0n) is 9.61. The molecule has 1 fully saturated rings. The van der Waals surface area contributed by atoms with Gasteiger partial charge >= 0.3 is 5.97 Å². The molecule has 1 N–H and O–H groups in total. The fraction of sp³-hybridized carbons (Fsp3) is 0.909. The maximum Gasteiger partial charge on any atom is 0.303 e. The standard InChI is InChI=1S/C11H21NO2S/c1-9(2)12(6-3-4-11(13)14)10-5-7-15-8-10/h9-10H,3-8H2,1-2H3,(H,13,14). The van der Waals surface area contributed by atoms with E-state index < -0.39 is 5.97 Å². The van der Waals surface area contributed by atoms with Gasteiger partial charge in [0.2, 0.25) is 0 Å². The van der Waals surface area contributed by atoms with Crippen molar-refractivity contribution in [3.05, 3.63) is 0 Å². The summed E-state index contributed by atoms with van der Waals surface area (Å²) < 4.78 is 0. The molecular formula is C11H21NO2S. The molecule has 0 aromatic rings. The Morgan fingerprint density at radius 3 is 2.80 bits per heavy atom. The Morgan fingerprint density at radius 1 is 1.60 bits per heavy atom. The van der Waals surface area contributed by atoms with E-state index >= 15 is 0 Å². The Bertz CT molecular complexity index is 203. The van der Waals surface area contributed by atoms with Crippen LogP contribution in [0, 0.1) is 0 Å². The molecule has 0 saturated carbocycles. The summed E-state index contributed by atoms with van der Waals surface area (Å²) in [6, 6.07) is 1.20. The Kier molecular flexibility index (Phi) is 5.47. The van der Waals surface area contributed by atoms with E-state index in [1.807, 2.05) is 11.8 Å². The molecule has 0 radical (unpaired) electrons. The molecule has 1 aliphatic rings. The van der Waals surface area contributed by atoms with Crippen LogP contribution < -0.4 is 0 Å². The van der Waals surface area contributed by atoms with Crippen molar-refractivity contribution in [2.45, 2.75) is 45.2 Å². The number of thioether (sulfide) groups is 1. The minimum atomic E-state index is -0.681. The molecule has 1 rings (SSSR count). The Hall–Kier alpha value is -0.220. The first-order valence-electron chi connectivity index (χ1n) is 5.66. The van der Waals surface area contributed by atoms with Crippen molar-refractivity contribution < 1.29 is 9.90 Å². The second kappa shape index (κ2) is 6.38. The molecule has 0 amide bonds. The van der Waals surface area contributed by atoms with Crippen molar-refractivity contribution in [2.24, 2.45) is 0 Å². The molecular weight excluding hydrogens is 210 g/mol. The van der Waals surface area contributed by atoms with Crippen LogP contribution in [0.3, 0.4) is 0 Å². The summed E-state index contributed by atoms with van der Waals surface area (Å²) >= 11 is 2.01. The second-order valence-corrected chi connectivity index (χ2v) is 5.50. The summed E-state index contributed by atoms with van der Waals surface area (Å²) in [5.41, 5.74) is 0.